The van der Waals surface area contributed by atoms with Gasteiger partial charge in [0, 0.05) is 0 Å². The second-order valence-corrected chi connectivity index (χ2v) is 11.6. The number of nitrogens with zero attached hydrogens (tertiary/aromatic N) is 4. The summed E-state index contributed by atoms with van der Waals surface area (Å²) >= 11 is 0. The second kappa shape index (κ2) is 9.95. The van der Waals surface area contributed by atoms with Crippen LogP contribution in [0, 0.1) is 5.41 Å². The average molecular weight is 546 g/mol. The first-order valence-electron chi connectivity index (χ1n) is 11.7. The number of alkyl carbamates (subject to hydrolysis) is 1. The zero-order chi connectivity index (χ0) is 27.2. The molecule has 2 aliphatic heterocycles. The first-order valence-corrected chi connectivity index (χ1v) is 13.1. The number of phosphoric ester groups is 1. The standard InChI is InChI=1S/C21H32FN6O8P/c1-7-32-16-13-15(26-18(23)27-16)28(10-24-13)17-21(5,22)14-11(35-17)8-33-37(30,36-14)34-9-12(20(2,3)4)25-19(29)31-6/h10-12,14,17H,7-9H2,1-6H3,(H,25,29)(H2,23,26,27)/t11-,12-,14-,17-,21-,37?/m1/s1. The third-order valence-electron chi connectivity index (χ3n) is 6.18. The number of imidazole rings is 1. The van der Waals surface area contributed by atoms with Crippen molar-refractivity contribution in [1.29, 1.82) is 0 Å². The van der Waals surface area contributed by atoms with Crippen LogP contribution in [-0.4, -0.2) is 76.5 Å². The zero-order valence-corrected chi connectivity index (χ0v) is 22.4. The number of ether oxygens (including phenoxy) is 3. The van der Waals surface area contributed by atoms with E-state index in [2.05, 4.69) is 25.0 Å². The number of anilines is 1. The summed E-state index contributed by atoms with van der Waals surface area (Å²) in [6, 6.07) is -0.609. The molecule has 0 saturated carbocycles. The first-order chi connectivity index (χ1) is 17.3. The number of nitrogen functional groups attached to an aromatic ring is 1. The van der Waals surface area contributed by atoms with Gasteiger partial charge in [-0.25, -0.2) is 18.7 Å². The summed E-state index contributed by atoms with van der Waals surface area (Å²) in [5, 5.41) is 2.63. The number of methoxy groups -OCH3 is 1. The number of rotatable bonds is 7. The minimum Gasteiger partial charge on any atom is -0.476 e. The summed E-state index contributed by atoms with van der Waals surface area (Å²) in [4.78, 5) is 24.2. The molecule has 2 aliphatic rings. The van der Waals surface area contributed by atoms with Crippen molar-refractivity contribution in [2.24, 2.45) is 5.41 Å². The van der Waals surface area contributed by atoms with E-state index in [4.69, 9.17) is 28.8 Å². The Balaban J connectivity index is 1.55. The van der Waals surface area contributed by atoms with E-state index in [9.17, 15) is 9.36 Å². The summed E-state index contributed by atoms with van der Waals surface area (Å²) in [6.07, 6.45) is -2.82. The number of fused-ring (bicyclic) bond motifs is 2. The maximum Gasteiger partial charge on any atom is 0.475 e. The van der Waals surface area contributed by atoms with Gasteiger partial charge in [-0.05, 0) is 19.3 Å². The fraction of sp³-hybridized carbons (Fsp3) is 0.714. The Labute approximate surface area is 212 Å². The molecule has 16 heteroatoms. The van der Waals surface area contributed by atoms with E-state index >= 15 is 4.39 Å². The number of phosphoric acid groups is 1. The smallest absolute Gasteiger partial charge is 0.475 e. The van der Waals surface area contributed by atoms with Crippen LogP contribution >= 0.6 is 7.82 Å². The summed E-state index contributed by atoms with van der Waals surface area (Å²) in [7, 11) is -2.99. The summed E-state index contributed by atoms with van der Waals surface area (Å²) in [5.41, 5.74) is 3.60. The van der Waals surface area contributed by atoms with Gasteiger partial charge in [0.25, 0.3) is 0 Å². The largest absolute Gasteiger partial charge is 0.476 e. The number of hydrogen-bond donors (Lipinski definition) is 2. The van der Waals surface area contributed by atoms with Crippen molar-refractivity contribution in [2.45, 2.75) is 64.8 Å². The predicted octanol–water partition coefficient (Wildman–Crippen LogP) is 2.74. The van der Waals surface area contributed by atoms with Crippen molar-refractivity contribution < 1.29 is 41.5 Å². The monoisotopic (exact) mass is 546 g/mol. The van der Waals surface area contributed by atoms with Gasteiger partial charge < -0.3 is 25.3 Å². The van der Waals surface area contributed by atoms with Gasteiger partial charge in [-0.1, -0.05) is 20.8 Å². The van der Waals surface area contributed by atoms with Crippen LogP contribution in [-0.2, 0) is 27.6 Å². The van der Waals surface area contributed by atoms with Crippen LogP contribution in [0.25, 0.3) is 11.2 Å². The fourth-order valence-electron chi connectivity index (χ4n) is 4.10. The average Bonchev–Trinajstić information content (AvgIpc) is 3.33. The number of nitrogens with one attached hydrogen (secondary N) is 1. The highest BCUT2D eigenvalue weighted by Gasteiger charge is 2.62. The lowest BCUT2D eigenvalue weighted by Gasteiger charge is -2.35. The van der Waals surface area contributed by atoms with E-state index in [1.165, 1.54) is 24.9 Å². The zero-order valence-electron chi connectivity index (χ0n) is 21.5. The normalized spacial score (nSPS) is 30.6. The quantitative estimate of drug-likeness (QED) is 0.487. The molecule has 0 bridgehead atoms. The summed E-state index contributed by atoms with van der Waals surface area (Å²) < 4.78 is 63.5. The van der Waals surface area contributed by atoms with Crippen LogP contribution in [0.3, 0.4) is 0 Å². The minimum atomic E-state index is -4.22. The summed E-state index contributed by atoms with van der Waals surface area (Å²) in [5.74, 6) is 0.0753. The maximum absolute atomic E-state index is 16.3. The van der Waals surface area contributed by atoms with Crippen LogP contribution in [0.1, 0.15) is 40.8 Å². The van der Waals surface area contributed by atoms with Gasteiger partial charge >= 0.3 is 13.9 Å². The van der Waals surface area contributed by atoms with E-state index in [-0.39, 0.29) is 36.2 Å². The molecule has 37 heavy (non-hydrogen) atoms. The molecule has 4 heterocycles. The number of amides is 1. The molecule has 1 unspecified atom stereocenters. The van der Waals surface area contributed by atoms with Gasteiger partial charge in [0.15, 0.2) is 23.1 Å². The van der Waals surface area contributed by atoms with Crippen LogP contribution < -0.4 is 15.8 Å². The van der Waals surface area contributed by atoms with Crippen LogP contribution in [0.15, 0.2) is 6.33 Å². The van der Waals surface area contributed by atoms with Crippen LogP contribution in [0.2, 0.25) is 0 Å². The van der Waals surface area contributed by atoms with Crippen LogP contribution in [0.4, 0.5) is 15.1 Å². The van der Waals surface area contributed by atoms with E-state index < -0.39 is 49.5 Å². The third kappa shape index (κ3) is 5.36. The molecular weight excluding hydrogens is 514 g/mol. The second-order valence-electron chi connectivity index (χ2n) is 9.94. The molecule has 2 aromatic rings. The molecule has 4 rings (SSSR count). The lowest BCUT2D eigenvalue weighted by molar-refractivity contribution is -0.0720. The van der Waals surface area contributed by atoms with Gasteiger partial charge in [0.05, 0.1) is 39.3 Å². The Bertz CT molecular complexity index is 1200. The molecule has 2 saturated heterocycles. The number of hydrogen-bond acceptors (Lipinski definition) is 12. The fourth-order valence-corrected chi connectivity index (χ4v) is 5.58. The van der Waals surface area contributed by atoms with Crippen molar-refractivity contribution in [3.05, 3.63) is 6.33 Å². The van der Waals surface area contributed by atoms with Crippen molar-refractivity contribution in [3.63, 3.8) is 0 Å². The number of carbonyl (C=O) groups is 1. The molecular formula is C21H32FN6O8P. The Morgan fingerprint density at radius 1 is 1.43 bits per heavy atom. The maximum atomic E-state index is 16.3. The summed E-state index contributed by atoms with van der Waals surface area (Å²) in [6.45, 7) is 8.41. The lowest BCUT2D eigenvalue weighted by Crippen LogP contribution is -2.47. The van der Waals surface area contributed by atoms with Gasteiger partial charge in [-0.2, -0.15) is 9.97 Å². The molecule has 3 N–H and O–H groups in total. The Morgan fingerprint density at radius 2 is 2.16 bits per heavy atom. The number of alkyl halides is 1. The van der Waals surface area contributed by atoms with Crippen LogP contribution in [0.5, 0.6) is 5.88 Å². The molecule has 14 nitrogen and oxygen atoms in total. The van der Waals surface area contributed by atoms with Crippen molar-refractivity contribution >= 4 is 31.0 Å². The number of carbonyl (C=O) groups excluding carboxylic acids is 1. The highest BCUT2D eigenvalue weighted by Crippen LogP contribution is 2.60. The highest BCUT2D eigenvalue weighted by atomic mass is 31.2. The Kier molecular flexibility index (Phi) is 7.38. The molecule has 0 aliphatic carbocycles. The van der Waals surface area contributed by atoms with Gasteiger partial charge in [0.2, 0.25) is 11.8 Å². The first kappa shape index (κ1) is 27.5. The van der Waals surface area contributed by atoms with Gasteiger partial charge in [-0.3, -0.25) is 18.1 Å². The molecule has 0 radical (unpaired) electrons. The topological polar surface area (TPSA) is 171 Å². The molecule has 2 aromatic heterocycles. The highest BCUT2D eigenvalue weighted by molar-refractivity contribution is 7.48. The van der Waals surface area contributed by atoms with Crippen molar-refractivity contribution in [3.8, 4) is 5.88 Å². The molecule has 2 fully saturated rings. The molecule has 1 amide bonds. The Hall–Kier alpha value is -2.58. The number of nitrogens with two attached hydrogens (primary N) is 1. The Morgan fingerprint density at radius 3 is 2.81 bits per heavy atom. The minimum absolute atomic E-state index is 0.0832. The molecule has 0 aromatic carbocycles. The molecule has 206 valence electrons. The van der Waals surface area contributed by atoms with Crippen molar-refractivity contribution in [1.82, 2.24) is 24.8 Å². The van der Waals surface area contributed by atoms with E-state index in [1.54, 1.807) is 6.92 Å². The SMILES string of the molecule is CCOc1nc(N)nc2c1ncn2[C@@H]1O[C@@H]2COP(=O)(OC[C@@H](NC(=O)OC)C(C)(C)C)O[C@H]2[C@@]1(C)F. The van der Waals surface area contributed by atoms with E-state index in [0.717, 1.165) is 0 Å². The third-order valence-corrected chi connectivity index (χ3v) is 7.60. The molecule has 6 atom stereocenters. The van der Waals surface area contributed by atoms with Gasteiger partial charge in [0.1, 0.15) is 12.2 Å². The van der Waals surface area contributed by atoms with E-state index in [0.29, 0.717) is 6.61 Å². The number of aromatic nitrogens is 4. The lowest BCUT2D eigenvalue weighted by atomic mass is 9.87. The van der Waals surface area contributed by atoms with E-state index in [1.807, 2.05) is 20.8 Å². The molecule has 0 spiro atoms. The predicted molar refractivity (Wildman–Crippen MR) is 127 cm³/mol. The van der Waals surface area contributed by atoms with Crippen molar-refractivity contribution in [2.75, 3.05) is 32.7 Å². The van der Waals surface area contributed by atoms with Gasteiger partial charge in [-0.15, -0.1) is 0 Å². The number of halogens is 1.